The van der Waals surface area contributed by atoms with Crippen LogP contribution in [0.2, 0.25) is 0 Å². The summed E-state index contributed by atoms with van der Waals surface area (Å²) in [5, 5.41) is 0. The van der Waals surface area contributed by atoms with Crippen LogP contribution in [0.5, 0.6) is 0 Å². The lowest BCUT2D eigenvalue weighted by molar-refractivity contribution is 0.0677. The van der Waals surface area contributed by atoms with Crippen LogP contribution in [0.4, 0.5) is 0 Å². The van der Waals surface area contributed by atoms with Gasteiger partial charge >= 0.3 is 0 Å². The second kappa shape index (κ2) is 7.33. The van der Waals surface area contributed by atoms with Gasteiger partial charge in [-0.3, -0.25) is 14.0 Å². The minimum absolute atomic E-state index is 0.0587. The fourth-order valence-corrected chi connectivity index (χ4v) is 4.22. The lowest BCUT2D eigenvalue weighted by Gasteiger charge is -2.30. The van der Waals surface area contributed by atoms with Crippen LogP contribution in [0.3, 0.4) is 0 Å². The zero-order valence-electron chi connectivity index (χ0n) is 16.2. The Bertz CT molecular complexity index is 851. The number of hydrogen-bond acceptors (Lipinski definition) is 3. The van der Waals surface area contributed by atoms with Gasteiger partial charge in [-0.25, -0.2) is 4.98 Å². The van der Waals surface area contributed by atoms with Crippen molar-refractivity contribution < 1.29 is 9.59 Å². The molecule has 0 aromatic carbocycles. The summed E-state index contributed by atoms with van der Waals surface area (Å²) in [4.78, 5) is 34.6. The molecule has 4 heterocycles. The van der Waals surface area contributed by atoms with E-state index in [4.69, 9.17) is 0 Å². The van der Waals surface area contributed by atoms with E-state index in [0.29, 0.717) is 23.4 Å². The van der Waals surface area contributed by atoms with Crippen molar-refractivity contribution in [2.75, 3.05) is 26.2 Å². The lowest BCUT2D eigenvalue weighted by Crippen LogP contribution is -2.39. The van der Waals surface area contributed by atoms with Crippen LogP contribution < -0.4 is 0 Å². The average molecular weight is 368 g/mol. The quantitative estimate of drug-likeness (QED) is 0.818. The fraction of sp³-hybridized carbons (Fsp3) is 0.571. The Labute approximate surface area is 160 Å². The average Bonchev–Trinajstić information content (AvgIpc) is 3.07. The molecule has 0 N–H and O–H groups in total. The van der Waals surface area contributed by atoms with Crippen molar-refractivity contribution in [3.63, 3.8) is 0 Å². The summed E-state index contributed by atoms with van der Waals surface area (Å²) >= 11 is 0. The van der Waals surface area contributed by atoms with Gasteiger partial charge < -0.3 is 9.80 Å². The molecule has 0 saturated carbocycles. The monoisotopic (exact) mass is 368 g/mol. The van der Waals surface area contributed by atoms with E-state index in [1.54, 1.807) is 4.40 Å². The van der Waals surface area contributed by atoms with Gasteiger partial charge in [0.15, 0.2) is 5.69 Å². The Balaban J connectivity index is 1.67. The molecule has 27 heavy (non-hydrogen) atoms. The number of fused-ring (bicyclic) bond motifs is 1. The van der Waals surface area contributed by atoms with Gasteiger partial charge in [-0.05, 0) is 49.7 Å². The second-order valence-electron chi connectivity index (χ2n) is 8.21. The fourth-order valence-electron chi connectivity index (χ4n) is 4.22. The first-order chi connectivity index (χ1) is 13.0. The van der Waals surface area contributed by atoms with Crippen LogP contribution in [0, 0.1) is 11.8 Å². The molecular weight excluding hydrogens is 340 g/mol. The maximum atomic E-state index is 13.1. The number of likely N-dealkylation sites (tertiary alicyclic amines) is 2. The number of amides is 2. The molecule has 2 aromatic rings. The molecule has 1 unspecified atom stereocenters. The first kappa shape index (κ1) is 18.0. The highest BCUT2D eigenvalue weighted by Crippen LogP contribution is 2.23. The van der Waals surface area contributed by atoms with Crippen LogP contribution in [0.1, 0.15) is 60.6 Å². The molecule has 2 fully saturated rings. The third-order valence-electron chi connectivity index (χ3n) is 5.96. The highest BCUT2D eigenvalue weighted by atomic mass is 16.2. The summed E-state index contributed by atoms with van der Waals surface area (Å²) in [6, 6.07) is 5.65. The number of hydrogen-bond donors (Lipinski definition) is 0. The van der Waals surface area contributed by atoms with E-state index >= 15 is 0 Å². The van der Waals surface area contributed by atoms with Crippen molar-refractivity contribution in [1.29, 1.82) is 0 Å². The molecule has 0 spiro atoms. The Kier molecular flexibility index (Phi) is 4.89. The molecule has 0 aliphatic carbocycles. The maximum Gasteiger partial charge on any atom is 0.290 e. The number of carbonyl (C=O) groups is 2. The van der Waals surface area contributed by atoms with Crippen molar-refractivity contribution in [2.24, 2.45) is 11.8 Å². The summed E-state index contributed by atoms with van der Waals surface area (Å²) in [5.41, 5.74) is 1.12. The van der Waals surface area contributed by atoms with Crippen molar-refractivity contribution in [3.05, 3.63) is 35.9 Å². The molecule has 144 valence electrons. The molecule has 2 saturated heterocycles. The Hall–Kier alpha value is -2.37. The summed E-state index contributed by atoms with van der Waals surface area (Å²) in [6.07, 6.45) is 6.05. The van der Waals surface area contributed by atoms with Gasteiger partial charge in [0, 0.05) is 32.4 Å². The number of imidazole rings is 1. The molecule has 4 rings (SSSR count). The van der Waals surface area contributed by atoms with Gasteiger partial charge in [0.25, 0.3) is 11.8 Å². The molecule has 0 radical (unpaired) electrons. The number of pyridine rings is 1. The van der Waals surface area contributed by atoms with Gasteiger partial charge in [0.1, 0.15) is 0 Å². The zero-order chi connectivity index (χ0) is 19.0. The number of rotatable bonds is 2. The summed E-state index contributed by atoms with van der Waals surface area (Å²) < 4.78 is 1.78. The van der Waals surface area contributed by atoms with E-state index in [1.165, 1.54) is 0 Å². The standard InChI is InChI=1S/C21H28N4O2/c1-15-8-12-23(13-9-15)21(27)19-22-18(17-7-3-4-11-25(17)19)20(26)24-10-5-6-16(2)14-24/h3-4,7,11,15-16H,5-6,8-10,12-14H2,1-2H3. The van der Waals surface area contributed by atoms with Crippen molar-refractivity contribution in [2.45, 2.75) is 39.5 Å². The van der Waals surface area contributed by atoms with Crippen molar-refractivity contribution in [1.82, 2.24) is 19.2 Å². The third kappa shape index (κ3) is 3.45. The van der Waals surface area contributed by atoms with E-state index in [1.807, 2.05) is 34.2 Å². The Morgan fingerprint density at radius 1 is 0.963 bits per heavy atom. The Morgan fingerprint density at radius 2 is 1.74 bits per heavy atom. The van der Waals surface area contributed by atoms with Crippen LogP contribution in [0.25, 0.3) is 5.52 Å². The van der Waals surface area contributed by atoms with Crippen LogP contribution in [-0.2, 0) is 0 Å². The predicted molar refractivity (Wildman–Crippen MR) is 104 cm³/mol. The highest BCUT2D eigenvalue weighted by Gasteiger charge is 2.30. The van der Waals surface area contributed by atoms with E-state index in [2.05, 4.69) is 18.8 Å². The SMILES string of the molecule is CC1CCN(C(=O)c2nc(C(=O)N3CCCC(C)C3)c3ccccn23)CC1. The molecule has 1 atom stereocenters. The van der Waals surface area contributed by atoms with Gasteiger partial charge in [0.05, 0.1) is 5.52 Å². The summed E-state index contributed by atoms with van der Waals surface area (Å²) in [5.74, 6) is 1.39. The number of nitrogens with zero attached hydrogens (tertiary/aromatic N) is 4. The van der Waals surface area contributed by atoms with Crippen molar-refractivity contribution >= 4 is 17.3 Å². The molecule has 2 aliphatic heterocycles. The maximum absolute atomic E-state index is 13.1. The van der Waals surface area contributed by atoms with Gasteiger partial charge in [-0.15, -0.1) is 0 Å². The number of aromatic nitrogens is 2. The molecule has 6 nitrogen and oxygen atoms in total. The third-order valence-corrected chi connectivity index (χ3v) is 5.96. The summed E-state index contributed by atoms with van der Waals surface area (Å²) in [7, 11) is 0. The molecule has 2 aromatic heterocycles. The summed E-state index contributed by atoms with van der Waals surface area (Å²) in [6.45, 7) is 7.45. The highest BCUT2D eigenvalue weighted by molar-refractivity contribution is 6.02. The molecule has 0 bridgehead atoms. The predicted octanol–water partition coefficient (Wildman–Crippen LogP) is 3.08. The minimum atomic E-state index is -0.0748. The van der Waals surface area contributed by atoms with Crippen LogP contribution >= 0.6 is 0 Å². The van der Waals surface area contributed by atoms with Gasteiger partial charge in [-0.1, -0.05) is 19.9 Å². The minimum Gasteiger partial charge on any atom is -0.337 e. The van der Waals surface area contributed by atoms with Crippen LogP contribution in [0.15, 0.2) is 24.4 Å². The van der Waals surface area contributed by atoms with E-state index < -0.39 is 0 Å². The lowest BCUT2D eigenvalue weighted by atomic mass is 9.99. The number of carbonyl (C=O) groups excluding carboxylic acids is 2. The first-order valence-corrected chi connectivity index (χ1v) is 10.1. The normalized spacial score (nSPS) is 21.6. The Morgan fingerprint density at radius 3 is 2.48 bits per heavy atom. The van der Waals surface area contributed by atoms with Gasteiger partial charge in [0.2, 0.25) is 5.82 Å². The van der Waals surface area contributed by atoms with Crippen molar-refractivity contribution in [3.8, 4) is 0 Å². The molecule has 6 heteroatoms. The first-order valence-electron chi connectivity index (χ1n) is 10.1. The van der Waals surface area contributed by atoms with E-state index in [0.717, 1.165) is 57.4 Å². The van der Waals surface area contributed by atoms with E-state index in [9.17, 15) is 9.59 Å². The van der Waals surface area contributed by atoms with Crippen LogP contribution in [-0.4, -0.2) is 57.2 Å². The second-order valence-corrected chi connectivity index (χ2v) is 8.21. The smallest absolute Gasteiger partial charge is 0.290 e. The number of piperidine rings is 2. The topological polar surface area (TPSA) is 57.9 Å². The molecule has 2 amide bonds. The molecular formula is C21H28N4O2. The zero-order valence-corrected chi connectivity index (χ0v) is 16.2. The van der Waals surface area contributed by atoms with E-state index in [-0.39, 0.29) is 11.8 Å². The largest absolute Gasteiger partial charge is 0.337 e. The molecule has 2 aliphatic rings. The van der Waals surface area contributed by atoms with Gasteiger partial charge in [-0.2, -0.15) is 0 Å².